The van der Waals surface area contributed by atoms with Crippen LogP contribution in [0.5, 0.6) is 0 Å². The SMILES string of the molecule is Cc1cc(=O)[nH]c(N2CCN(c3nc4c(cnn4-c4ccccc4)c(=O)[nH]3)CC2)n1. The Labute approximate surface area is 170 Å². The molecule has 0 radical (unpaired) electrons. The molecule has 0 unspecified atom stereocenters. The topological polar surface area (TPSA) is 116 Å². The van der Waals surface area contributed by atoms with Crippen molar-refractivity contribution in [1.29, 1.82) is 0 Å². The van der Waals surface area contributed by atoms with E-state index in [4.69, 9.17) is 4.98 Å². The summed E-state index contributed by atoms with van der Waals surface area (Å²) in [6.45, 7) is 4.35. The van der Waals surface area contributed by atoms with Gasteiger partial charge in [-0.15, -0.1) is 0 Å². The van der Waals surface area contributed by atoms with E-state index in [9.17, 15) is 9.59 Å². The predicted octanol–water partition coefficient (Wildman–Crippen LogP) is 0.827. The fourth-order valence-corrected chi connectivity index (χ4v) is 3.66. The van der Waals surface area contributed by atoms with Crippen LogP contribution in [-0.2, 0) is 0 Å². The molecule has 1 aliphatic rings. The second kappa shape index (κ2) is 7.14. The summed E-state index contributed by atoms with van der Waals surface area (Å²) in [7, 11) is 0. The molecular formula is C20H20N8O2. The van der Waals surface area contributed by atoms with Crippen LogP contribution in [0.3, 0.4) is 0 Å². The maximum atomic E-state index is 12.6. The van der Waals surface area contributed by atoms with E-state index in [0.717, 1.165) is 5.69 Å². The molecule has 0 atom stereocenters. The number of nitrogens with one attached hydrogen (secondary N) is 2. The first-order valence-electron chi connectivity index (χ1n) is 9.70. The highest BCUT2D eigenvalue weighted by molar-refractivity contribution is 5.76. The third-order valence-electron chi connectivity index (χ3n) is 5.16. The minimum absolute atomic E-state index is 0.162. The van der Waals surface area contributed by atoms with Crippen molar-refractivity contribution in [2.75, 3.05) is 36.0 Å². The molecule has 10 nitrogen and oxygen atoms in total. The number of hydrogen-bond donors (Lipinski definition) is 2. The Morgan fingerprint density at radius 2 is 1.57 bits per heavy atom. The van der Waals surface area contributed by atoms with Gasteiger partial charge in [-0.2, -0.15) is 10.1 Å². The molecule has 0 spiro atoms. The number of aromatic nitrogens is 6. The average molecular weight is 404 g/mol. The smallest absolute Gasteiger partial charge is 0.263 e. The van der Waals surface area contributed by atoms with Crippen molar-refractivity contribution in [2.24, 2.45) is 0 Å². The summed E-state index contributed by atoms with van der Waals surface area (Å²) in [5.41, 5.74) is 1.67. The predicted molar refractivity (Wildman–Crippen MR) is 114 cm³/mol. The monoisotopic (exact) mass is 404 g/mol. The van der Waals surface area contributed by atoms with Gasteiger partial charge in [0.25, 0.3) is 11.1 Å². The molecule has 0 bridgehead atoms. The van der Waals surface area contributed by atoms with Crippen molar-refractivity contribution >= 4 is 22.9 Å². The highest BCUT2D eigenvalue weighted by Crippen LogP contribution is 2.18. The second-order valence-corrected chi connectivity index (χ2v) is 7.20. The molecule has 10 heteroatoms. The summed E-state index contributed by atoms with van der Waals surface area (Å²) in [4.78, 5) is 43.2. The summed E-state index contributed by atoms with van der Waals surface area (Å²) in [6, 6.07) is 11.1. The van der Waals surface area contributed by atoms with Crippen molar-refractivity contribution in [3.63, 3.8) is 0 Å². The van der Waals surface area contributed by atoms with Gasteiger partial charge in [0, 0.05) is 37.9 Å². The lowest BCUT2D eigenvalue weighted by atomic mass is 10.3. The van der Waals surface area contributed by atoms with E-state index in [-0.39, 0.29) is 11.1 Å². The van der Waals surface area contributed by atoms with Crippen molar-refractivity contribution < 1.29 is 0 Å². The number of benzene rings is 1. The number of hydrogen-bond acceptors (Lipinski definition) is 7. The van der Waals surface area contributed by atoms with Crippen LogP contribution in [0, 0.1) is 6.92 Å². The Balaban J connectivity index is 1.43. The number of nitrogens with zero attached hydrogens (tertiary/aromatic N) is 6. The van der Waals surface area contributed by atoms with Gasteiger partial charge in [-0.3, -0.25) is 19.6 Å². The average Bonchev–Trinajstić information content (AvgIpc) is 3.18. The van der Waals surface area contributed by atoms with Gasteiger partial charge in [-0.25, -0.2) is 9.67 Å². The van der Waals surface area contributed by atoms with Crippen molar-refractivity contribution in [3.8, 4) is 5.69 Å². The third-order valence-corrected chi connectivity index (χ3v) is 5.16. The maximum Gasteiger partial charge on any atom is 0.263 e. The molecule has 1 saturated heterocycles. The quantitative estimate of drug-likeness (QED) is 0.519. The summed E-state index contributed by atoms with van der Waals surface area (Å²) in [5.74, 6) is 1.08. The number of H-pyrrole nitrogens is 2. The van der Waals surface area contributed by atoms with E-state index in [1.54, 1.807) is 11.6 Å². The fourth-order valence-electron chi connectivity index (χ4n) is 3.66. The number of aryl methyl sites for hydroxylation is 1. The largest absolute Gasteiger partial charge is 0.339 e. The van der Waals surface area contributed by atoms with Gasteiger partial charge in [0.1, 0.15) is 5.39 Å². The third kappa shape index (κ3) is 3.21. The van der Waals surface area contributed by atoms with E-state index in [0.29, 0.717) is 54.8 Å². The van der Waals surface area contributed by atoms with Crippen LogP contribution in [-0.4, -0.2) is 55.9 Å². The lowest BCUT2D eigenvalue weighted by Gasteiger charge is -2.35. The molecule has 152 valence electrons. The number of fused-ring (bicyclic) bond motifs is 1. The Kier molecular flexibility index (Phi) is 4.31. The second-order valence-electron chi connectivity index (χ2n) is 7.20. The molecule has 30 heavy (non-hydrogen) atoms. The van der Waals surface area contributed by atoms with Crippen molar-refractivity contribution in [3.05, 3.63) is 69.0 Å². The van der Waals surface area contributed by atoms with Crippen LogP contribution in [0.4, 0.5) is 11.9 Å². The lowest BCUT2D eigenvalue weighted by Crippen LogP contribution is -2.48. The van der Waals surface area contributed by atoms with E-state index in [1.807, 2.05) is 40.1 Å². The van der Waals surface area contributed by atoms with Gasteiger partial charge in [0.15, 0.2) is 5.65 Å². The van der Waals surface area contributed by atoms with E-state index in [2.05, 4.69) is 20.1 Å². The molecule has 5 rings (SSSR count). The molecule has 0 saturated carbocycles. The molecule has 3 aromatic heterocycles. The first kappa shape index (κ1) is 18.1. The molecule has 4 aromatic rings. The van der Waals surface area contributed by atoms with E-state index < -0.39 is 0 Å². The summed E-state index contributed by atoms with van der Waals surface area (Å²) < 4.78 is 1.67. The Hall–Kier alpha value is -3.95. The van der Waals surface area contributed by atoms with Gasteiger partial charge < -0.3 is 9.80 Å². The first-order valence-corrected chi connectivity index (χ1v) is 9.70. The zero-order valence-corrected chi connectivity index (χ0v) is 16.4. The van der Waals surface area contributed by atoms with Gasteiger partial charge in [0.2, 0.25) is 11.9 Å². The highest BCUT2D eigenvalue weighted by atomic mass is 16.1. The number of aromatic amines is 2. The normalized spacial score (nSPS) is 14.4. The molecule has 2 N–H and O–H groups in total. The van der Waals surface area contributed by atoms with Gasteiger partial charge in [-0.1, -0.05) is 18.2 Å². The number of para-hydroxylation sites is 1. The lowest BCUT2D eigenvalue weighted by molar-refractivity contribution is 0.626. The zero-order chi connectivity index (χ0) is 20.7. The molecular weight excluding hydrogens is 384 g/mol. The van der Waals surface area contributed by atoms with Gasteiger partial charge in [0.05, 0.1) is 11.9 Å². The van der Waals surface area contributed by atoms with Crippen LogP contribution < -0.4 is 20.9 Å². The fraction of sp³-hybridized carbons (Fsp3) is 0.250. The van der Waals surface area contributed by atoms with Crippen LogP contribution >= 0.6 is 0 Å². The first-order chi connectivity index (χ1) is 14.6. The minimum atomic E-state index is -0.218. The molecule has 1 fully saturated rings. The Morgan fingerprint density at radius 3 is 2.23 bits per heavy atom. The number of piperazine rings is 1. The minimum Gasteiger partial charge on any atom is -0.339 e. The van der Waals surface area contributed by atoms with Crippen LogP contribution in [0.2, 0.25) is 0 Å². The number of rotatable bonds is 3. The molecule has 1 aromatic carbocycles. The van der Waals surface area contributed by atoms with Gasteiger partial charge >= 0.3 is 0 Å². The van der Waals surface area contributed by atoms with Crippen LogP contribution in [0.15, 0.2) is 52.2 Å². The highest BCUT2D eigenvalue weighted by Gasteiger charge is 2.22. The summed E-state index contributed by atoms with van der Waals surface area (Å²) in [6.07, 6.45) is 1.54. The van der Waals surface area contributed by atoms with Gasteiger partial charge in [-0.05, 0) is 19.1 Å². The maximum absolute atomic E-state index is 12.6. The van der Waals surface area contributed by atoms with E-state index in [1.165, 1.54) is 12.3 Å². The molecule has 4 heterocycles. The van der Waals surface area contributed by atoms with Crippen LogP contribution in [0.1, 0.15) is 5.69 Å². The summed E-state index contributed by atoms with van der Waals surface area (Å²) in [5, 5.41) is 4.79. The standard InChI is InChI=1S/C20H20N8O2/c1-13-11-16(29)23-19(22-13)26-7-9-27(10-8-26)20-24-17-15(18(30)25-20)12-21-28(17)14-5-3-2-4-6-14/h2-6,11-12H,7-10H2,1H3,(H,22,23,29)(H,24,25,30). The Bertz CT molecular complexity index is 1320. The van der Waals surface area contributed by atoms with Crippen molar-refractivity contribution in [2.45, 2.75) is 6.92 Å². The molecule has 0 aliphatic carbocycles. The van der Waals surface area contributed by atoms with Crippen molar-refractivity contribution in [1.82, 2.24) is 29.7 Å². The van der Waals surface area contributed by atoms with E-state index >= 15 is 0 Å². The van der Waals surface area contributed by atoms with Crippen LogP contribution in [0.25, 0.3) is 16.7 Å². The zero-order valence-electron chi connectivity index (χ0n) is 16.4. The molecule has 0 amide bonds. The number of anilines is 2. The molecule has 1 aliphatic heterocycles. The summed E-state index contributed by atoms with van der Waals surface area (Å²) >= 11 is 0. The Morgan fingerprint density at radius 1 is 0.900 bits per heavy atom.